The summed E-state index contributed by atoms with van der Waals surface area (Å²) in [5, 5.41) is 27.3. The molecule has 1 unspecified atom stereocenters. The van der Waals surface area contributed by atoms with E-state index in [1.165, 1.54) is 30.4 Å². The van der Waals surface area contributed by atoms with E-state index < -0.39 is 6.36 Å². The van der Waals surface area contributed by atoms with Crippen LogP contribution in [-0.2, 0) is 13.0 Å². The molecule has 0 saturated carbocycles. The number of alkyl halides is 3. The van der Waals surface area contributed by atoms with Crippen LogP contribution in [0.3, 0.4) is 0 Å². The van der Waals surface area contributed by atoms with E-state index in [4.69, 9.17) is 10.8 Å². The SMILES string of the molecule is N=C(/C=C\C(=N)N1CCC(n2cc(C(=O)NCc3ccccn3)nn2)C1)Cc1cccc(OC(F)(F)F)c1. The van der Waals surface area contributed by atoms with Crippen LogP contribution < -0.4 is 10.1 Å². The molecule has 1 amide bonds. The van der Waals surface area contributed by atoms with Crippen LogP contribution in [0.25, 0.3) is 0 Å². The molecule has 1 aromatic carbocycles. The average molecular weight is 527 g/mol. The van der Waals surface area contributed by atoms with Crippen molar-refractivity contribution in [2.75, 3.05) is 13.1 Å². The first-order chi connectivity index (χ1) is 18.2. The van der Waals surface area contributed by atoms with Gasteiger partial charge in [0.2, 0.25) is 0 Å². The second-order valence-corrected chi connectivity index (χ2v) is 8.59. The fraction of sp³-hybridized carbons (Fsp3) is 0.280. The van der Waals surface area contributed by atoms with E-state index in [1.807, 2.05) is 11.0 Å². The number of benzene rings is 1. The molecule has 4 rings (SSSR count). The van der Waals surface area contributed by atoms with E-state index in [-0.39, 0.29) is 47.9 Å². The highest BCUT2D eigenvalue weighted by Gasteiger charge is 2.31. The fourth-order valence-corrected chi connectivity index (χ4v) is 3.92. The van der Waals surface area contributed by atoms with Crippen LogP contribution in [0.4, 0.5) is 13.2 Å². The number of nitrogens with one attached hydrogen (secondary N) is 3. The van der Waals surface area contributed by atoms with Gasteiger partial charge in [-0.3, -0.25) is 15.2 Å². The van der Waals surface area contributed by atoms with Gasteiger partial charge in [-0.15, -0.1) is 18.3 Å². The number of hydrogen-bond donors (Lipinski definition) is 3. The van der Waals surface area contributed by atoms with E-state index in [1.54, 1.807) is 35.3 Å². The van der Waals surface area contributed by atoms with Crippen LogP contribution in [-0.4, -0.2) is 61.8 Å². The first kappa shape index (κ1) is 26.5. The van der Waals surface area contributed by atoms with Crippen LogP contribution in [0.2, 0.25) is 0 Å². The van der Waals surface area contributed by atoms with Crippen molar-refractivity contribution in [2.45, 2.75) is 31.8 Å². The molecule has 1 aliphatic heterocycles. The third kappa shape index (κ3) is 7.48. The zero-order chi connectivity index (χ0) is 27.1. The second kappa shape index (κ2) is 11.7. The average Bonchev–Trinajstić information content (AvgIpc) is 3.56. The van der Waals surface area contributed by atoms with Crippen molar-refractivity contribution in [3.8, 4) is 5.75 Å². The van der Waals surface area contributed by atoms with Crippen molar-refractivity contribution in [1.29, 1.82) is 10.8 Å². The molecule has 10 nitrogen and oxygen atoms in total. The summed E-state index contributed by atoms with van der Waals surface area (Å²) in [5.74, 6) is -0.508. The smallest absolute Gasteiger partial charge is 0.406 e. The molecule has 0 spiro atoms. The molecule has 3 aromatic rings. The lowest BCUT2D eigenvalue weighted by Crippen LogP contribution is -2.27. The third-order valence-corrected chi connectivity index (χ3v) is 5.75. The van der Waals surface area contributed by atoms with E-state index in [2.05, 4.69) is 25.3 Å². The molecule has 1 aliphatic rings. The molecule has 38 heavy (non-hydrogen) atoms. The largest absolute Gasteiger partial charge is 0.573 e. The number of hydrogen-bond acceptors (Lipinski definition) is 7. The van der Waals surface area contributed by atoms with Crippen LogP contribution in [0, 0.1) is 10.8 Å². The number of aromatic nitrogens is 4. The number of carbonyl (C=O) groups is 1. The molecular formula is C25H25F3N8O2. The molecule has 3 heterocycles. The quantitative estimate of drug-likeness (QED) is 0.289. The fourth-order valence-electron chi connectivity index (χ4n) is 3.92. The molecule has 1 fully saturated rings. The maximum absolute atomic E-state index is 12.4. The molecular weight excluding hydrogens is 501 g/mol. The second-order valence-electron chi connectivity index (χ2n) is 8.59. The highest BCUT2D eigenvalue weighted by molar-refractivity contribution is 6.01. The van der Waals surface area contributed by atoms with Gasteiger partial charge in [-0.2, -0.15) is 0 Å². The number of halogens is 3. The zero-order valence-corrected chi connectivity index (χ0v) is 20.2. The van der Waals surface area contributed by atoms with E-state index in [9.17, 15) is 18.0 Å². The van der Waals surface area contributed by atoms with Crippen molar-refractivity contribution < 1.29 is 22.7 Å². The van der Waals surface area contributed by atoms with Gasteiger partial charge in [0.15, 0.2) is 5.69 Å². The number of ether oxygens (including phenoxy) is 1. The minimum absolute atomic E-state index is 0.0792. The Morgan fingerprint density at radius 3 is 2.79 bits per heavy atom. The van der Waals surface area contributed by atoms with Crippen molar-refractivity contribution >= 4 is 17.5 Å². The molecule has 2 aromatic heterocycles. The Bertz CT molecular complexity index is 1320. The molecule has 0 radical (unpaired) electrons. The molecule has 13 heteroatoms. The number of amidine groups is 1. The number of likely N-dealkylation sites (tertiary alicyclic amines) is 1. The summed E-state index contributed by atoms with van der Waals surface area (Å²) in [4.78, 5) is 18.4. The highest BCUT2D eigenvalue weighted by atomic mass is 19.4. The Labute approximate surface area is 216 Å². The molecule has 1 saturated heterocycles. The molecule has 3 N–H and O–H groups in total. The maximum atomic E-state index is 12.4. The summed E-state index contributed by atoms with van der Waals surface area (Å²) in [5.41, 5.74) is 1.53. The van der Waals surface area contributed by atoms with Gasteiger partial charge in [-0.1, -0.05) is 23.4 Å². The van der Waals surface area contributed by atoms with E-state index >= 15 is 0 Å². The topological polar surface area (TPSA) is 133 Å². The number of carbonyl (C=O) groups excluding carboxylic acids is 1. The summed E-state index contributed by atoms with van der Waals surface area (Å²) < 4.78 is 42.8. The van der Waals surface area contributed by atoms with Crippen molar-refractivity contribution in [1.82, 2.24) is 30.2 Å². The van der Waals surface area contributed by atoms with E-state index in [0.29, 0.717) is 25.1 Å². The summed E-state index contributed by atoms with van der Waals surface area (Å²) in [6.45, 7) is 1.33. The molecule has 0 aliphatic carbocycles. The standard InChI is InChI=1S/C25H25F3N8O2/c26-25(27,28)38-21-6-3-4-17(13-21)12-18(29)7-8-23(30)35-11-9-20(15-35)36-16-22(33-34-36)24(37)32-14-19-5-1-2-10-31-19/h1-8,10,13,16,20,29-30H,9,11-12,14-15H2,(H,32,37)/b8-7-,29-18?,30-23?. The van der Waals surface area contributed by atoms with Gasteiger partial charge in [-0.25, -0.2) is 4.68 Å². The predicted molar refractivity (Wildman–Crippen MR) is 132 cm³/mol. The minimum Gasteiger partial charge on any atom is -0.406 e. The van der Waals surface area contributed by atoms with Gasteiger partial charge >= 0.3 is 6.36 Å². The van der Waals surface area contributed by atoms with Crippen molar-refractivity contribution in [3.05, 3.63) is 84.0 Å². The lowest BCUT2D eigenvalue weighted by molar-refractivity contribution is -0.274. The lowest BCUT2D eigenvalue weighted by atomic mass is 10.1. The van der Waals surface area contributed by atoms with Crippen LogP contribution in [0.15, 0.2) is 67.0 Å². The minimum atomic E-state index is -4.78. The first-order valence-corrected chi connectivity index (χ1v) is 11.7. The Morgan fingerprint density at radius 2 is 2.03 bits per heavy atom. The molecule has 0 bridgehead atoms. The van der Waals surface area contributed by atoms with Gasteiger partial charge in [0.1, 0.15) is 11.6 Å². The predicted octanol–water partition coefficient (Wildman–Crippen LogP) is 3.54. The lowest BCUT2D eigenvalue weighted by Gasteiger charge is -2.17. The van der Waals surface area contributed by atoms with Gasteiger partial charge in [0, 0.05) is 31.4 Å². The first-order valence-electron chi connectivity index (χ1n) is 11.7. The highest BCUT2D eigenvalue weighted by Crippen LogP contribution is 2.24. The number of nitrogens with zero attached hydrogens (tertiary/aromatic N) is 5. The monoisotopic (exact) mass is 526 g/mol. The number of allylic oxidation sites excluding steroid dienone is 1. The van der Waals surface area contributed by atoms with Crippen molar-refractivity contribution in [2.24, 2.45) is 0 Å². The Hall–Kier alpha value is -4.55. The summed E-state index contributed by atoms with van der Waals surface area (Å²) in [6, 6.07) is 10.8. The van der Waals surface area contributed by atoms with Gasteiger partial charge in [0.05, 0.1) is 24.5 Å². The van der Waals surface area contributed by atoms with Gasteiger partial charge < -0.3 is 20.4 Å². The Kier molecular flexibility index (Phi) is 8.14. The van der Waals surface area contributed by atoms with Crippen LogP contribution in [0.1, 0.15) is 34.2 Å². The number of rotatable bonds is 9. The third-order valence-electron chi connectivity index (χ3n) is 5.75. The zero-order valence-electron chi connectivity index (χ0n) is 20.2. The van der Waals surface area contributed by atoms with Crippen LogP contribution >= 0.6 is 0 Å². The van der Waals surface area contributed by atoms with Gasteiger partial charge in [0.25, 0.3) is 5.91 Å². The Balaban J connectivity index is 1.26. The summed E-state index contributed by atoms with van der Waals surface area (Å²) >= 11 is 0. The summed E-state index contributed by atoms with van der Waals surface area (Å²) in [7, 11) is 0. The molecule has 1 atom stereocenters. The summed E-state index contributed by atoms with van der Waals surface area (Å²) in [6.07, 6.45) is 2.16. The van der Waals surface area contributed by atoms with Crippen molar-refractivity contribution in [3.63, 3.8) is 0 Å². The number of amides is 1. The molecule has 198 valence electrons. The normalized spacial score (nSPS) is 15.6. The van der Waals surface area contributed by atoms with Gasteiger partial charge in [-0.05, 0) is 48.4 Å². The number of pyridine rings is 1. The Morgan fingerprint density at radius 1 is 1.18 bits per heavy atom. The maximum Gasteiger partial charge on any atom is 0.573 e. The van der Waals surface area contributed by atoms with E-state index in [0.717, 1.165) is 5.69 Å². The van der Waals surface area contributed by atoms with Crippen LogP contribution in [0.5, 0.6) is 5.75 Å².